The van der Waals surface area contributed by atoms with Crippen LogP contribution in [0.4, 0.5) is 0 Å². The maximum absolute atomic E-state index is 10.7. The summed E-state index contributed by atoms with van der Waals surface area (Å²) >= 11 is 5.64. The molecule has 15 heavy (non-hydrogen) atoms. The summed E-state index contributed by atoms with van der Waals surface area (Å²) in [5.74, 6) is -0.369. The lowest BCUT2D eigenvalue weighted by atomic mass is 10.1. The summed E-state index contributed by atoms with van der Waals surface area (Å²) in [6.45, 7) is 0. The Kier molecular flexibility index (Phi) is 2.64. The van der Waals surface area contributed by atoms with E-state index < -0.39 is 5.97 Å². The second-order valence-corrected chi connectivity index (χ2v) is 3.73. The molecule has 2 aromatic rings. The summed E-state index contributed by atoms with van der Waals surface area (Å²) in [7, 11) is 0. The van der Waals surface area contributed by atoms with E-state index in [1.807, 2.05) is 18.2 Å². The van der Waals surface area contributed by atoms with Crippen LogP contribution in [-0.4, -0.2) is 21.9 Å². The van der Waals surface area contributed by atoms with Gasteiger partial charge in [0.05, 0.1) is 0 Å². The monoisotopic (exact) mass is 223 g/mol. The van der Waals surface area contributed by atoms with E-state index in [4.69, 9.17) is 16.7 Å². The highest BCUT2D eigenvalue weighted by Crippen LogP contribution is 2.17. The van der Waals surface area contributed by atoms with E-state index in [0.717, 1.165) is 22.9 Å². The fraction of sp³-hybridized carbons (Fsp3) is 0.182. The van der Waals surface area contributed by atoms with E-state index in [1.165, 1.54) is 0 Å². The number of H-pyrrole nitrogens is 1. The normalized spacial score (nSPS) is 10.7. The second kappa shape index (κ2) is 3.95. The molecule has 0 unspecified atom stereocenters. The van der Waals surface area contributed by atoms with Crippen molar-refractivity contribution in [2.75, 3.05) is 5.88 Å². The van der Waals surface area contributed by atoms with Gasteiger partial charge in [-0.1, -0.05) is 6.07 Å². The van der Waals surface area contributed by atoms with Crippen molar-refractivity contribution in [2.24, 2.45) is 0 Å². The molecule has 0 bridgehead atoms. The second-order valence-electron chi connectivity index (χ2n) is 3.35. The average Bonchev–Trinajstić information content (AvgIpc) is 2.61. The van der Waals surface area contributed by atoms with Crippen LogP contribution in [0, 0.1) is 0 Å². The number of aromatic carboxylic acids is 1. The van der Waals surface area contributed by atoms with Gasteiger partial charge in [-0.2, -0.15) is 0 Å². The highest BCUT2D eigenvalue weighted by atomic mass is 35.5. The van der Waals surface area contributed by atoms with E-state index in [9.17, 15) is 4.79 Å². The Hall–Kier alpha value is -1.48. The first-order chi connectivity index (χ1) is 7.20. The van der Waals surface area contributed by atoms with Crippen LogP contribution in [-0.2, 0) is 6.42 Å². The zero-order valence-electron chi connectivity index (χ0n) is 7.96. The van der Waals surface area contributed by atoms with Crippen LogP contribution in [0.15, 0.2) is 24.3 Å². The molecule has 1 aromatic carbocycles. The highest BCUT2D eigenvalue weighted by molar-refractivity contribution is 6.18. The van der Waals surface area contributed by atoms with Gasteiger partial charge in [-0.3, -0.25) is 0 Å². The van der Waals surface area contributed by atoms with Crippen LogP contribution in [0.2, 0.25) is 0 Å². The molecule has 0 radical (unpaired) electrons. The third-order valence-electron chi connectivity index (χ3n) is 2.30. The summed E-state index contributed by atoms with van der Waals surface area (Å²) in [6, 6.07) is 7.42. The third-order valence-corrected chi connectivity index (χ3v) is 2.49. The van der Waals surface area contributed by atoms with Crippen LogP contribution < -0.4 is 0 Å². The lowest BCUT2D eigenvalue weighted by Crippen LogP contribution is -1.94. The lowest BCUT2D eigenvalue weighted by molar-refractivity contribution is 0.0691. The molecular formula is C11H10ClNO2. The molecule has 1 heterocycles. The molecule has 0 saturated heterocycles. The van der Waals surface area contributed by atoms with Crippen LogP contribution in [0.3, 0.4) is 0 Å². The van der Waals surface area contributed by atoms with Gasteiger partial charge in [-0.25, -0.2) is 4.79 Å². The summed E-state index contributed by atoms with van der Waals surface area (Å²) in [5, 5.41) is 9.72. The van der Waals surface area contributed by atoms with Gasteiger partial charge in [0.2, 0.25) is 0 Å². The third kappa shape index (κ3) is 1.97. The maximum atomic E-state index is 10.7. The quantitative estimate of drug-likeness (QED) is 0.786. The van der Waals surface area contributed by atoms with Gasteiger partial charge in [-0.05, 0) is 30.2 Å². The number of aromatic nitrogens is 1. The van der Waals surface area contributed by atoms with E-state index >= 15 is 0 Å². The molecule has 0 atom stereocenters. The fourth-order valence-electron chi connectivity index (χ4n) is 1.56. The topological polar surface area (TPSA) is 53.1 Å². The Morgan fingerprint density at radius 2 is 2.20 bits per heavy atom. The molecule has 2 rings (SSSR count). The van der Waals surface area contributed by atoms with E-state index in [1.54, 1.807) is 6.07 Å². The average molecular weight is 224 g/mol. The molecule has 0 aliphatic heterocycles. The molecule has 2 N–H and O–H groups in total. The Morgan fingerprint density at radius 1 is 1.40 bits per heavy atom. The van der Waals surface area contributed by atoms with Gasteiger partial charge in [-0.15, -0.1) is 11.6 Å². The van der Waals surface area contributed by atoms with Gasteiger partial charge in [0.1, 0.15) is 5.69 Å². The van der Waals surface area contributed by atoms with Gasteiger partial charge in [0.25, 0.3) is 0 Å². The molecule has 0 saturated carbocycles. The smallest absolute Gasteiger partial charge is 0.352 e. The lowest BCUT2D eigenvalue weighted by Gasteiger charge is -1.96. The van der Waals surface area contributed by atoms with Crippen molar-refractivity contribution < 1.29 is 9.90 Å². The number of halogens is 1. The summed E-state index contributed by atoms with van der Waals surface area (Å²) in [5.41, 5.74) is 2.17. The van der Waals surface area contributed by atoms with Gasteiger partial charge in [0.15, 0.2) is 0 Å². The van der Waals surface area contributed by atoms with Gasteiger partial charge < -0.3 is 10.1 Å². The first kappa shape index (κ1) is 10.1. The largest absolute Gasteiger partial charge is 0.477 e. The first-order valence-corrected chi connectivity index (χ1v) is 5.15. The van der Waals surface area contributed by atoms with E-state index in [2.05, 4.69) is 4.98 Å². The van der Waals surface area contributed by atoms with Crippen LogP contribution in [0.1, 0.15) is 16.1 Å². The zero-order valence-corrected chi connectivity index (χ0v) is 8.71. The molecule has 0 amide bonds. The number of benzene rings is 1. The highest BCUT2D eigenvalue weighted by Gasteiger charge is 2.07. The molecule has 0 aliphatic carbocycles. The summed E-state index contributed by atoms with van der Waals surface area (Å²) in [4.78, 5) is 13.6. The number of carboxylic acid groups (broad SMARTS) is 1. The van der Waals surface area contributed by atoms with Crippen molar-refractivity contribution in [3.8, 4) is 0 Å². The predicted octanol–water partition coefficient (Wildman–Crippen LogP) is 2.65. The standard InChI is InChI=1S/C11H10ClNO2/c12-4-3-7-1-2-9-8(5-7)6-10(13-9)11(14)15/h1-2,5-6,13H,3-4H2,(H,14,15). The molecule has 0 aliphatic rings. The molecular weight excluding hydrogens is 214 g/mol. The number of aryl methyl sites for hydroxylation is 1. The van der Waals surface area contributed by atoms with E-state index in [0.29, 0.717) is 5.88 Å². The number of hydrogen-bond donors (Lipinski definition) is 2. The molecule has 0 fully saturated rings. The Balaban J connectivity index is 2.47. The van der Waals surface area contributed by atoms with Crippen molar-refractivity contribution >= 4 is 28.5 Å². The van der Waals surface area contributed by atoms with Crippen LogP contribution in [0.25, 0.3) is 10.9 Å². The number of carboxylic acids is 1. The minimum absolute atomic E-state index is 0.216. The van der Waals surface area contributed by atoms with Crippen molar-refractivity contribution in [3.63, 3.8) is 0 Å². The first-order valence-electron chi connectivity index (χ1n) is 4.61. The Morgan fingerprint density at radius 3 is 2.87 bits per heavy atom. The van der Waals surface area contributed by atoms with Crippen LogP contribution in [0.5, 0.6) is 0 Å². The number of aromatic amines is 1. The van der Waals surface area contributed by atoms with E-state index in [-0.39, 0.29) is 5.69 Å². The number of hydrogen-bond acceptors (Lipinski definition) is 1. The fourth-order valence-corrected chi connectivity index (χ4v) is 1.78. The number of fused-ring (bicyclic) bond motifs is 1. The minimum Gasteiger partial charge on any atom is -0.477 e. The van der Waals surface area contributed by atoms with Crippen molar-refractivity contribution in [2.45, 2.75) is 6.42 Å². The zero-order chi connectivity index (χ0) is 10.8. The molecule has 4 heteroatoms. The van der Waals surface area contributed by atoms with Crippen LogP contribution >= 0.6 is 11.6 Å². The number of alkyl halides is 1. The molecule has 78 valence electrons. The van der Waals surface area contributed by atoms with Crippen molar-refractivity contribution in [3.05, 3.63) is 35.5 Å². The van der Waals surface area contributed by atoms with Crippen molar-refractivity contribution in [1.29, 1.82) is 0 Å². The Labute approximate surface area is 91.7 Å². The molecule has 1 aromatic heterocycles. The molecule has 3 nitrogen and oxygen atoms in total. The SMILES string of the molecule is O=C(O)c1cc2cc(CCCl)ccc2[nH]1. The molecule has 0 spiro atoms. The Bertz CT molecular complexity index is 504. The predicted molar refractivity (Wildman–Crippen MR) is 59.7 cm³/mol. The summed E-state index contributed by atoms with van der Waals surface area (Å²) in [6.07, 6.45) is 0.797. The van der Waals surface area contributed by atoms with Gasteiger partial charge in [0, 0.05) is 16.8 Å². The maximum Gasteiger partial charge on any atom is 0.352 e. The number of rotatable bonds is 3. The number of carbonyl (C=O) groups is 1. The minimum atomic E-state index is -0.940. The summed E-state index contributed by atoms with van der Waals surface area (Å²) < 4.78 is 0. The number of nitrogens with one attached hydrogen (secondary N) is 1. The van der Waals surface area contributed by atoms with Gasteiger partial charge >= 0.3 is 5.97 Å². The van der Waals surface area contributed by atoms with Crippen molar-refractivity contribution in [1.82, 2.24) is 4.98 Å².